The summed E-state index contributed by atoms with van der Waals surface area (Å²) in [6, 6.07) is 23.1. The lowest BCUT2D eigenvalue weighted by Crippen LogP contribution is -2.20. The van der Waals surface area contributed by atoms with Gasteiger partial charge >= 0.3 is 0 Å². The topological polar surface area (TPSA) is 72.2 Å². The third kappa shape index (κ3) is 5.22. The van der Waals surface area contributed by atoms with E-state index in [0.717, 1.165) is 11.3 Å². The third-order valence-electron chi connectivity index (χ3n) is 4.38. The summed E-state index contributed by atoms with van der Waals surface area (Å²) in [6.45, 7) is 0. The summed E-state index contributed by atoms with van der Waals surface area (Å²) in [5, 5.41) is 13.6. The molecule has 1 amide bonds. The number of hydrazone groups is 1. The van der Waals surface area contributed by atoms with Gasteiger partial charge in [0.05, 0.1) is 12.0 Å². The van der Waals surface area contributed by atoms with Gasteiger partial charge in [-0.2, -0.15) is 5.10 Å². The zero-order valence-electron chi connectivity index (χ0n) is 16.7. The van der Waals surface area contributed by atoms with Crippen LogP contribution in [0.3, 0.4) is 0 Å². The molecule has 0 saturated heterocycles. The van der Waals surface area contributed by atoms with Gasteiger partial charge in [0.25, 0.3) is 5.91 Å². The van der Waals surface area contributed by atoms with Crippen LogP contribution in [0.5, 0.6) is 0 Å². The Labute approximate surface area is 193 Å². The van der Waals surface area contributed by atoms with E-state index in [4.69, 9.17) is 11.6 Å². The van der Waals surface area contributed by atoms with Gasteiger partial charge in [0, 0.05) is 21.8 Å². The Kier molecular flexibility index (Phi) is 6.94. The molecule has 3 aromatic carbocycles. The molecule has 0 radical (unpaired) electrons. The maximum absolute atomic E-state index is 13.6. The van der Waals surface area contributed by atoms with Gasteiger partial charge < -0.3 is 0 Å². The number of rotatable bonds is 7. The number of nitrogens with one attached hydrogen (secondary N) is 1. The van der Waals surface area contributed by atoms with Crippen LogP contribution in [0.25, 0.3) is 17.1 Å². The zero-order chi connectivity index (χ0) is 22.3. The summed E-state index contributed by atoms with van der Waals surface area (Å²) in [4.78, 5) is 12.2. The first kappa shape index (κ1) is 21.7. The second-order valence-corrected chi connectivity index (χ2v) is 7.97. The zero-order valence-corrected chi connectivity index (χ0v) is 18.2. The molecule has 0 aliphatic heterocycles. The molecule has 160 valence electrons. The molecule has 6 nitrogen and oxygen atoms in total. The molecule has 32 heavy (non-hydrogen) atoms. The number of hydrogen-bond donors (Lipinski definition) is 1. The highest BCUT2D eigenvalue weighted by atomic mass is 35.5. The number of aromatic nitrogens is 3. The number of thioether (sulfide) groups is 1. The van der Waals surface area contributed by atoms with Crippen LogP contribution in [0.15, 0.2) is 89.1 Å². The van der Waals surface area contributed by atoms with E-state index in [9.17, 15) is 9.18 Å². The van der Waals surface area contributed by atoms with Crippen LogP contribution in [0.1, 0.15) is 5.56 Å². The average Bonchev–Trinajstić information content (AvgIpc) is 3.24. The highest BCUT2D eigenvalue weighted by molar-refractivity contribution is 7.99. The highest BCUT2D eigenvalue weighted by Crippen LogP contribution is 2.28. The Morgan fingerprint density at radius 3 is 2.50 bits per heavy atom. The van der Waals surface area contributed by atoms with Gasteiger partial charge in [-0.1, -0.05) is 71.9 Å². The quantitative estimate of drug-likeness (QED) is 0.237. The summed E-state index contributed by atoms with van der Waals surface area (Å²) >= 11 is 7.25. The van der Waals surface area contributed by atoms with Crippen molar-refractivity contribution in [2.45, 2.75) is 5.16 Å². The van der Waals surface area contributed by atoms with Crippen LogP contribution in [-0.2, 0) is 4.79 Å². The summed E-state index contributed by atoms with van der Waals surface area (Å²) in [5.74, 6) is -0.0675. The van der Waals surface area contributed by atoms with E-state index in [1.807, 2.05) is 47.0 Å². The van der Waals surface area contributed by atoms with E-state index < -0.39 is 5.82 Å². The van der Waals surface area contributed by atoms with Crippen molar-refractivity contribution in [3.8, 4) is 17.1 Å². The first-order valence-corrected chi connectivity index (χ1v) is 10.9. The molecular weight excluding hydrogens is 449 g/mol. The fourth-order valence-electron chi connectivity index (χ4n) is 2.88. The molecule has 4 aromatic rings. The monoisotopic (exact) mass is 465 g/mol. The predicted molar refractivity (Wildman–Crippen MR) is 125 cm³/mol. The van der Waals surface area contributed by atoms with Gasteiger partial charge in [0.1, 0.15) is 5.82 Å². The first-order valence-electron chi connectivity index (χ1n) is 9.58. The molecular formula is C23H17ClFN5OS. The van der Waals surface area contributed by atoms with Crippen LogP contribution < -0.4 is 5.43 Å². The Morgan fingerprint density at radius 1 is 1.03 bits per heavy atom. The largest absolute Gasteiger partial charge is 0.272 e. The van der Waals surface area contributed by atoms with Crippen LogP contribution in [0, 0.1) is 5.82 Å². The summed E-state index contributed by atoms with van der Waals surface area (Å²) in [7, 11) is 0. The van der Waals surface area contributed by atoms with E-state index in [1.54, 1.807) is 30.3 Å². The van der Waals surface area contributed by atoms with Crippen LogP contribution >= 0.6 is 23.4 Å². The number of hydrogen-bond acceptors (Lipinski definition) is 5. The number of carbonyl (C=O) groups is 1. The summed E-state index contributed by atoms with van der Waals surface area (Å²) in [5.41, 5.74) is 4.40. The average molecular weight is 466 g/mol. The SMILES string of the molecule is O=C(CSc1nnc(-c2ccccc2)n1-c1ccc(Cl)cc1)NN=Cc1ccccc1F. The minimum Gasteiger partial charge on any atom is -0.272 e. The lowest BCUT2D eigenvalue weighted by Gasteiger charge is -2.10. The van der Waals surface area contributed by atoms with E-state index in [1.165, 1.54) is 24.0 Å². The van der Waals surface area contributed by atoms with E-state index in [2.05, 4.69) is 20.7 Å². The standard InChI is InChI=1S/C23H17ClFN5OS/c24-18-10-12-19(13-11-18)30-22(16-6-2-1-3-7-16)28-29-23(30)32-15-21(31)27-26-14-17-8-4-5-9-20(17)25/h1-14H,15H2,(H,27,31). The molecule has 0 spiro atoms. The minimum atomic E-state index is -0.413. The molecule has 4 rings (SSSR count). The fraction of sp³-hybridized carbons (Fsp3) is 0.0435. The minimum absolute atomic E-state index is 0.0507. The van der Waals surface area contributed by atoms with Gasteiger partial charge in [-0.25, -0.2) is 9.82 Å². The molecule has 9 heteroatoms. The number of carbonyl (C=O) groups excluding carboxylic acids is 1. The number of amides is 1. The maximum Gasteiger partial charge on any atom is 0.250 e. The highest BCUT2D eigenvalue weighted by Gasteiger charge is 2.17. The molecule has 0 atom stereocenters. The molecule has 0 bridgehead atoms. The Bertz CT molecular complexity index is 1240. The first-order chi connectivity index (χ1) is 15.6. The van der Waals surface area contributed by atoms with Crippen molar-refractivity contribution in [3.05, 3.63) is 95.3 Å². The van der Waals surface area contributed by atoms with Crippen molar-refractivity contribution >= 4 is 35.5 Å². The second kappa shape index (κ2) is 10.2. The van der Waals surface area contributed by atoms with Gasteiger partial charge in [0.15, 0.2) is 11.0 Å². The van der Waals surface area contributed by atoms with Crippen molar-refractivity contribution < 1.29 is 9.18 Å². The molecule has 0 aliphatic carbocycles. The van der Waals surface area contributed by atoms with Crippen LogP contribution in [-0.4, -0.2) is 32.6 Å². The molecule has 0 saturated carbocycles. The van der Waals surface area contributed by atoms with Crippen molar-refractivity contribution in [2.75, 3.05) is 5.75 Å². The summed E-state index contributed by atoms with van der Waals surface area (Å²) < 4.78 is 15.5. The summed E-state index contributed by atoms with van der Waals surface area (Å²) in [6.07, 6.45) is 1.27. The van der Waals surface area contributed by atoms with E-state index >= 15 is 0 Å². The van der Waals surface area contributed by atoms with Crippen LogP contribution in [0.4, 0.5) is 4.39 Å². The van der Waals surface area contributed by atoms with E-state index in [-0.39, 0.29) is 17.2 Å². The number of halogens is 2. The van der Waals surface area contributed by atoms with Crippen molar-refractivity contribution in [3.63, 3.8) is 0 Å². The van der Waals surface area contributed by atoms with Gasteiger partial charge in [-0.3, -0.25) is 9.36 Å². The van der Waals surface area contributed by atoms with Crippen molar-refractivity contribution in [1.82, 2.24) is 20.2 Å². The molecule has 0 unspecified atom stereocenters. The maximum atomic E-state index is 13.6. The van der Waals surface area contributed by atoms with Gasteiger partial charge in [-0.05, 0) is 30.3 Å². The van der Waals surface area contributed by atoms with Crippen molar-refractivity contribution in [1.29, 1.82) is 0 Å². The number of nitrogens with zero attached hydrogens (tertiary/aromatic N) is 4. The predicted octanol–water partition coefficient (Wildman–Crippen LogP) is 4.97. The molecule has 1 heterocycles. The van der Waals surface area contributed by atoms with Gasteiger partial charge in [0.2, 0.25) is 0 Å². The normalized spacial score (nSPS) is 11.1. The molecule has 0 aliphatic rings. The molecule has 1 N–H and O–H groups in total. The Balaban J connectivity index is 1.51. The fourth-order valence-corrected chi connectivity index (χ4v) is 3.75. The Morgan fingerprint density at radius 2 is 1.75 bits per heavy atom. The van der Waals surface area contributed by atoms with Gasteiger partial charge in [-0.15, -0.1) is 10.2 Å². The molecule has 0 fully saturated rings. The smallest absolute Gasteiger partial charge is 0.250 e. The lowest BCUT2D eigenvalue weighted by molar-refractivity contribution is -0.118. The number of benzene rings is 3. The Hall–Kier alpha value is -3.49. The third-order valence-corrected chi connectivity index (χ3v) is 5.56. The van der Waals surface area contributed by atoms with Crippen molar-refractivity contribution in [2.24, 2.45) is 5.10 Å². The van der Waals surface area contributed by atoms with E-state index in [0.29, 0.717) is 16.0 Å². The van der Waals surface area contributed by atoms with Crippen LogP contribution in [0.2, 0.25) is 5.02 Å². The second-order valence-electron chi connectivity index (χ2n) is 6.59. The lowest BCUT2D eigenvalue weighted by atomic mass is 10.2. The molecule has 1 aromatic heterocycles.